The fraction of sp³-hybridized carbons (Fsp3) is 0.421. The van der Waals surface area contributed by atoms with Crippen molar-refractivity contribution in [2.45, 2.75) is 40.0 Å². The number of aromatic nitrogens is 1. The molecule has 146 valence electrons. The van der Waals surface area contributed by atoms with Gasteiger partial charge in [-0.2, -0.15) is 0 Å². The van der Waals surface area contributed by atoms with Gasteiger partial charge in [0.25, 0.3) is 11.8 Å². The Balaban J connectivity index is 2.00. The highest BCUT2D eigenvalue weighted by molar-refractivity contribution is 7.13. The van der Waals surface area contributed by atoms with E-state index in [1.54, 1.807) is 25.1 Å². The smallest absolute Gasteiger partial charge is 0.281 e. The van der Waals surface area contributed by atoms with Crippen molar-refractivity contribution in [3.8, 4) is 11.5 Å². The summed E-state index contributed by atoms with van der Waals surface area (Å²) in [6.45, 7) is 6.26. The minimum atomic E-state index is -0.446. The molecule has 0 saturated heterocycles. The number of ether oxygens (including phenoxy) is 2. The van der Waals surface area contributed by atoms with Crippen molar-refractivity contribution in [3.05, 3.63) is 39.3 Å². The van der Waals surface area contributed by atoms with Gasteiger partial charge in [0.1, 0.15) is 4.88 Å². The first-order chi connectivity index (χ1) is 13.0. The van der Waals surface area contributed by atoms with Crippen LogP contribution in [0.1, 0.15) is 57.4 Å². The number of methoxy groups -OCH3 is 1. The summed E-state index contributed by atoms with van der Waals surface area (Å²) in [5, 5.41) is 0.932. The molecule has 0 saturated carbocycles. The molecule has 0 aliphatic carbocycles. The highest BCUT2D eigenvalue weighted by Crippen LogP contribution is 2.28. The Bertz CT molecular complexity index is 804. The van der Waals surface area contributed by atoms with Crippen LogP contribution in [0.4, 0.5) is 0 Å². The van der Waals surface area contributed by atoms with Crippen molar-refractivity contribution in [2.24, 2.45) is 0 Å². The third-order valence-electron chi connectivity index (χ3n) is 3.81. The molecule has 7 nitrogen and oxygen atoms in total. The third kappa shape index (κ3) is 5.43. The Morgan fingerprint density at radius 2 is 1.89 bits per heavy atom. The van der Waals surface area contributed by atoms with Crippen LogP contribution in [0.25, 0.3) is 0 Å². The highest BCUT2D eigenvalue weighted by Gasteiger charge is 2.17. The Kier molecular flexibility index (Phi) is 7.60. The average molecular weight is 391 g/mol. The number of rotatable bonds is 8. The zero-order valence-corrected chi connectivity index (χ0v) is 16.9. The van der Waals surface area contributed by atoms with Crippen LogP contribution in [-0.4, -0.2) is 30.5 Å². The summed E-state index contributed by atoms with van der Waals surface area (Å²) in [4.78, 5) is 29.6. The van der Waals surface area contributed by atoms with Crippen LogP contribution in [0, 0.1) is 6.92 Å². The van der Waals surface area contributed by atoms with Crippen molar-refractivity contribution >= 4 is 23.2 Å². The number of aryl methyl sites for hydroxylation is 2. The number of unbranched alkanes of at least 4 members (excludes halogenated alkanes) is 1. The van der Waals surface area contributed by atoms with Gasteiger partial charge in [-0.15, -0.1) is 11.3 Å². The van der Waals surface area contributed by atoms with Gasteiger partial charge < -0.3 is 9.47 Å². The summed E-state index contributed by atoms with van der Waals surface area (Å²) >= 11 is 1.36. The number of carbonyl (C=O) groups is 2. The molecule has 0 fully saturated rings. The SMILES string of the molecule is CCCCc1nc(C)c(C(=O)NNC(=O)c2ccc(OCC)c(OC)c2)s1. The quantitative estimate of drug-likeness (QED) is 0.674. The topological polar surface area (TPSA) is 89.6 Å². The normalized spacial score (nSPS) is 10.4. The molecule has 0 bridgehead atoms. The van der Waals surface area contributed by atoms with Crippen LogP contribution in [0.15, 0.2) is 18.2 Å². The van der Waals surface area contributed by atoms with E-state index in [2.05, 4.69) is 22.8 Å². The molecular weight excluding hydrogens is 366 g/mol. The lowest BCUT2D eigenvalue weighted by atomic mass is 10.2. The molecule has 2 rings (SSSR count). The van der Waals surface area contributed by atoms with Crippen LogP contribution >= 0.6 is 11.3 Å². The van der Waals surface area contributed by atoms with Gasteiger partial charge in [-0.25, -0.2) is 4.98 Å². The van der Waals surface area contributed by atoms with Gasteiger partial charge in [0.15, 0.2) is 11.5 Å². The average Bonchev–Trinajstić information content (AvgIpc) is 3.05. The van der Waals surface area contributed by atoms with Gasteiger partial charge in [0.05, 0.1) is 24.4 Å². The van der Waals surface area contributed by atoms with E-state index in [0.717, 1.165) is 24.3 Å². The Morgan fingerprint density at radius 3 is 2.56 bits per heavy atom. The van der Waals surface area contributed by atoms with Crippen LogP contribution in [0.3, 0.4) is 0 Å². The predicted molar refractivity (Wildman–Crippen MR) is 105 cm³/mol. The van der Waals surface area contributed by atoms with Crippen molar-refractivity contribution in [1.82, 2.24) is 15.8 Å². The summed E-state index contributed by atoms with van der Waals surface area (Å²) < 4.78 is 10.7. The molecule has 0 aliphatic heterocycles. The Hall–Kier alpha value is -2.61. The number of amides is 2. The van der Waals surface area contributed by atoms with E-state index in [4.69, 9.17) is 9.47 Å². The maximum absolute atomic E-state index is 12.4. The zero-order chi connectivity index (χ0) is 19.8. The molecule has 8 heteroatoms. The maximum atomic E-state index is 12.4. The molecule has 2 amide bonds. The second-order valence-electron chi connectivity index (χ2n) is 5.83. The largest absolute Gasteiger partial charge is 0.493 e. The number of hydrazine groups is 1. The highest BCUT2D eigenvalue weighted by atomic mass is 32.1. The monoisotopic (exact) mass is 391 g/mol. The fourth-order valence-corrected chi connectivity index (χ4v) is 3.43. The summed E-state index contributed by atoms with van der Waals surface area (Å²) in [7, 11) is 1.50. The number of thiazole rings is 1. The summed E-state index contributed by atoms with van der Waals surface area (Å²) in [5.41, 5.74) is 5.88. The van der Waals surface area contributed by atoms with Crippen LogP contribution in [0.2, 0.25) is 0 Å². The van der Waals surface area contributed by atoms with E-state index in [1.807, 2.05) is 6.92 Å². The first-order valence-corrected chi connectivity index (χ1v) is 9.69. The van der Waals surface area contributed by atoms with Gasteiger partial charge in [-0.05, 0) is 44.9 Å². The fourth-order valence-electron chi connectivity index (χ4n) is 2.42. The predicted octanol–water partition coefficient (Wildman–Crippen LogP) is 3.28. The lowest BCUT2D eigenvalue weighted by Gasteiger charge is -2.11. The van der Waals surface area contributed by atoms with E-state index in [9.17, 15) is 9.59 Å². The van der Waals surface area contributed by atoms with Gasteiger partial charge in [-0.1, -0.05) is 13.3 Å². The standard InChI is InChI=1S/C19H25N3O4S/c1-5-7-8-16-20-12(3)17(27-16)19(24)22-21-18(23)13-9-10-14(26-6-2)15(11-13)25-4/h9-11H,5-8H2,1-4H3,(H,21,23)(H,22,24). The maximum Gasteiger partial charge on any atom is 0.281 e. The molecule has 0 unspecified atom stereocenters. The number of nitrogens with one attached hydrogen (secondary N) is 2. The van der Waals surface area contributed by atoms with Crippen molar-refractivity contribution in [2.75, 3.05) is 13.7 Å². The Morgan fingerprint density at radius 1 is 1.15 bits per heavy atom. The van der Waals surface area contributed by atoms with Crippen LogP contribution in [-0.2, 0) is 6.42 Å². The third-order valence-corrected chi connectivity index (χ3v) is 5.02. The van der Waals surface area contributed by atoms with E-state index < -0.39 is 5.91 Å². The molecule has 0 spiro atoms. The second-order valence-corrected chi connectivity index (χ2v) is 6.92. The van der Waals surface area contributed by atoms with Crippen LogP contribution < -0.4 is 20.3 Å². The second kappa shape index (κ2) is 9.91. The molecule has 2 aromatic rings. The molecule has 1 aromatic heterocycles. The number of hydrogen-bond donors (Lipinski definition) is 2. The Labute approximate surface area is 163 Å². The number of benzene rings is 1. The van der Waals surface area contributed by atoms with Gasteiger partial charge in [-0.3, -0.25) is 20.4 Å². The minimum absolute atomic E-state index is 0.347. The van der Waals surface area contributed by atoms with Gasteiger partial charge in [0, 0.05) is 5.56 Å². The number of hydrogen-bond acceptors (Lipinski definition) is 6. The van der Waals surface area contributed by atoms with Crippen molar-refractivity contribution < 1.29 is 19.1 Å². The molecule has 0 atom stereocenters. The molecule has 1 heterocycles. The van der Waals surface area contributed by atoms with E-state index in [0.29, 0.717) is 34.2 Å². The first-order valence-electron chi connectivity index (χ1n) is 8.87. The number of carbonyl (C=O) groups excluding carboxylic acids is 2. The summed E-state index contributed by atoms with van der Waals surface area (Å²) in [6.07, 6.45) is 2.96. The number of nitrogens with zero attached hydrogens (tertiary/aromatic N) is 1. The van der Waals surface area contributed by atoms with E-state index in [-0.39, 0.29) is 5.91 Å². The molecule has 27 heavy (non-hydrogen) atoms. The molecule has 2 N–H and O–H groups in total. The molecule has 1 aromatic carbocycles. The van der Waals surface area contributed by atoms with E-state index >= 15 is 0 Å². The minimum Gasteiger partial charge on any atom is -0.493 e. The molecular formula is C19H25N3O4S. The van der Waals surface area contributed by atoms with Crippen molar-refractivity contribution in [1.29, 1.82) is 0 Å². The lowest BCUT2D eigenvalue weighted by molar-refractivity contribution is 0.0848. The van der Waals surface area contributed by atoms with Crippen LogP contribution in [0.5, 0.6) is 11.5 Å². The summed E-state index contributed by atoms with van der Waals surface area (Å²) in [5.74, 6) is 0.187. The van der Waals surface area contributed by atoms with Crippen molar-refractivity contribution in [3.63, 3.8) is 0 Å². The first kappa shape index (κ1) is 20.7. The van der Waals surface area contributed by atoms with Gasteiger partial charge >= 0.3 is 0 Å². The zero-order valence-electron chi connectivity index (χ0n) is 16.0. The molecule has 0 radical (unpaired) electrons. The summed E-state index contributed by atoms with van der Waals surface area (Å²) in [6, 6.07) is 4.83. The molecule has 0 aliphatic rings. The van der Waals surface area contributed by atoms with Gasteiger partial charge in [0.2, 0.25) is 0 Å². The van der Waals surface area contributed by atoms with E-state index in [1.165, 1.54) is 18.4 Å². The lowest BCUT2D eigenvalue weighted by Crippen LogP contribution is -2.41.